The molecular formula is C19H31ClN4O. The largest absolute Gasteiger partial charge is 0.315 e. The Hall–Kier alpha value is -1.07. The van der Waals surface area contributed by atoms with Crippen molar-refractivity contribution in [3.63, 3.8) is 0 Å². The van der Waals surface area contributed by atoms with E-state index >= 15 is 0 Å². The number of rotatable bonds is 3. The number of hydrogen-bond donors (Lipinski definition) is 2. The second-order valence-corrected chi connectivity index (χ2v) is 8.10. The lowest BCUT2D eigenvalue weighted by Crippen LogP contribution is -2.44. The summed E-state index contributed by atoms with van der Waals surface area (Å²) in [7, 11) is 1.95. The fraction of sp³-hybridized carbons (Fsp3) is 0.789. The highest BCUT2D eigenvalue weighted by Crippen LogP contribution is 2.44. The molecule has 1 aromatic heterocycles. The molecule has 1 aromatic rings. The summed E-state index contributed by atoms with van der Waals surface area (Å²) >= 11 is 0. The van der Waals surface area contributed by atoms with Crippen LogP contribution in [0.5, 0.6) is 0 Å². The van der Waals surface area contributed by atoms with Gasteiger partial charge in [0, 0.05) is 25.6 Å². The molecular weight excluding hydrogens is 336 g/mol. The van der Waals surface area contributed by atoms with E-state index in [1.807, 2.05) is 11.7 Å². The van der Waals surface area contributed by atoms with Crippen molar-refractivity contribution in [3.8, 4) is 0 Å². The lowest BCUT2D eigenvalue weighted by Gasteiger charge is -2.37. The molecule has 4 rings (SSSR count). The van der Waals surface area contributed by atoms with Crippen LogP contribution in [0, 0.1) is 11.3 Å². The smallest absolute Gasteiger partial charge is 0.233 e. The van der Waals surface area contributed by atoms with Gasteiger partial charge in [0.25, 0.3) is 0 Å². The minimum atomic E-state index is -0.201. The van der Waals surface area contributed by atoms with Crippen molar-refractivity contribution in [2.75, 3.05) is 18.4 Å². The van der Waals surface area contributed by atoms with Gasteiger partial charge in [0.05, 0.1) is 11.1 Å². The van der Waals surface area contributed by atoms with Gasteiger partial charge in [-0.15, -0.1) is 12.4 Å². The number of aryl methyl sites for hydroxylation is 1. The quantitative estimate of drug-likeness (QED) is 0.859. The highest BCUT2D eigenvalue weighted by atomic mass is 35.5. The van der Waals surface area contributed by atoms with Gasteiger partial charge < -0.3 is 10.6 Å². The van der Waals surface area contributed by atoms with Crippen LogP contribution in [0.4, 0.5) is 5.82 Å². The van der Waals surface area contributed by atoms with E-state index in [0.717, 1.165) is 31.0 Å². The van der Waals surface area contributed by atoms with Gasteiger partial charge in [0.2, 0.25) is 5.91 Å². The Labute approximate surface area is 156 Å². The fourth-order valence-electron chi connectivity index (χ4n) is 5.14. The summed E-state index contributed by atoms with van der Waals surface area (Å²) in [5.74, 6) is 2.14. The standard InChI is InChI=1S/C19H30N4O.ClH/c1-23-17(11-16(22-23)14-7-3-2-4-8-14)21-18(24)19-10-6-5-9-15(19)12-20-13-19;/h11,14-15,20H,2-10,12-13H2,1H3,(H,21,24);1H/t15-,19+;/m0./s1. The van der Waals surface area contributed by atoms with Crippen molar-refractivity contribution in [2.24, 2.45) is 18.4 Å². The normalized spacial score (nSPS) is 29.7. The third-order valence-electron chi connectivity index (χ3n) is 6.65. The molecule has 2 heterocycles. The second kappa shape index (κ2) is 7.67. The van der Waals surface area contributed by atoms with Gasteiger partial charge in [0.1, 0.15) is 5.82 Å². The zero-order valence-electron chi connectivity index (χ0n) is 15.2. The Bertz CT molecular complexity index is 611. The van der Waals surface area contributed by atoms with Gasteiger partial charge in [-0.1, -0.05) is 32.1 Å². The molecule has 5 nitrogen and oxygen atoms in total. The lowest BCUT2D eigenvalue weighted by molar-refractivity contribution is -0.128. The molecule has 140 valence electrons. The summed E-state index contributed by atoms with van der Waals surface area (Å²) < 4.78 is 1.86. The maximum atomic E-state index is 13.1. The van der Waals surface area contributed by atoms with Crippen LogP contribution in [0.3, 0.4) is 0 Å². The number of halogens is 1. The zero-order valence-corrected chi connectivity index (χ0v) is 16.0. The van der Waals surface area contributed by atoms with Crippen molar-refractivity contribution in [3.05, 3.63) is 11.8 Å². The van der Waals surface area contributed by atoms with E-state index in [4.69, 9.17) is 5.10 Å². The molecule has 2 atom stereocenters. The van der Waals surface area contributed by atoms with E-state index in [1.165, 1.54) is 51.4 Å². The van der Waals surface area contributed by atoms with E-state index in [2.05, 4.69) is 16.7 Å². The minimum absolute atomic E-state index is 0. The topological polar surface area (TPSA) is 59.0 Å². The number of nitrogens with one attached hydrogen (secondary N) is 2. The molecule has 2 N–H and O–H groups in total. The molecule has 0 spiro atoms. The third kappa shape index (κ3) is 3.45. The van der Waals surface area contributed by atoms with Crippen LogP contribution < -0.4 is 10.6 Å². The average Bonchev–Trinajstić information content (AvgIpc) is 3.20. The molecule has 0 aromatic carbocycles. The van der Waals surface area contributed by atoms with Crippen LogP contribution in [-0.4, -0.2) is 28.8 Å². The molecule has 1 aliphatic heterocycles. The minimum Gasteiger partial charge on any atom is -0.315 e. The maximum absolute atomic E-state index is 13.1. The first kappa shape index (κ1) is 18.7. The summed E-state index contributed by atoms with van der Waals surface area (Å²) in [6.07, 6.45) is 11.1. The van der Waals surface area contributed by atoms with Crippen molar-refractivity contribution in [1.29, 1.82) is 0 Å². The highest BCUT2D eigenvalue weighted by molar-refractivity contribution is 5.95. The third-order valence-corrected chi connectivity index (χ3v) is 6.65. The first-order valence-corrected chi connectivity index (χ1v) is 9.75. The molecule has 6 heteroatoms. The van der Waals surface area contributed by atoms with E-state index in [0.29, 0.717) is 11.8 Å². The van der Waals surface area contributed by atoms with Crippen molar-refractivity contribution < 1.29 is 4.79 Å². The van der Waals surface area contributed by atoms with E-state index in [-0.39, 0.29) is 23.7 Å². The maximum Gasteiger partial charge on any atom is 0.233 e. The fourth-order valence-corrected chi connectivity index (χ4v) is 5.14. The number of fused-ring (bicyclic) bond motifs is 1. The molecule has 0 unspecified atom stereocenters. The lowest BCUT2D eigenvalue weighted by atomic mass is 9.67. The predicted molar refractivity (Wildman–Crippen MR) is 102 cm³/mol. The van der Waals surface area contributed by atoms with Crippen LogP contribution in [0.2, 0.25) is 0 Å². The van der Waals surface area contributed by atoms with Gasteiger partial charge in [0.15, 0.2) is 0 Å². The number of carbonyl (C=O) groups excluding carboxylic acids is 1. The number of aromatic nitrogens is 2. The Morgan fingerprint density at radius 2 is 2.00 bits per heavy atom. The molecule has 0 bridgehead atoms. The molecule has 3 fully saturated rings. The highest BCUT2D eigenvalue weighted by Gasteiger charge is 2.50. The average molecular weight is 367 g/mol. The van der Waals surface area contributed by atoms with E-state index in [9.17, 15) is 4.79 Å². The van der Waals surface area contributed by atoms with Gasteiger partial charge in [-0.2, -0.15) is 5.10 Å². The van der Waals surface area contributed by atoms with Crippen LogP contribution in [0.25, 0.3) is 0 Å². The summed E-state index contributed by atoms with van der Waals surface area (Å²) in [4.78, 5) is 13.1. The van der Waals surface area contributed by atoms with Crippen LogP contribution >= 0.6 is 12.4 Å². The van der Waals surface area contributed by atoms with Gasteiger partial charge >= 0.3 is 0 Å². The van der Waals surface area contributed by atoms with Gasteiger partial charge in [-0.25, -0.2) is 0 Å². The molecule has 2 aliphatic carbocycles. The van der Waals surface area contributed by atoms with E-state index < -0.39 is 0 Å². The Morgan fingerprint density at radius 1 is 1.24 bits per heavy atom. The summed E-state index contributed by atoms with van der Waals surface area (Å²) in [6, 6.07) is 2.12. The molecule has 2 saturated carbocycles. The molecule has 0 radical (unpaired) electrons. The number of carbonyl (C=O) groups is 1. The van der Waals surface area contributed by atoms with Crippen molar-refractivity contribution in [2.45, 2.75) is 63.7 Å². The molecule has 1 saturated heterocycles. The van der Waals surface area contributed by atoms with E-state index in [1.54, 1.807) is 0 Å². The molecule has 1 amide bonds. The molecule has 3 aliphatic rings. The SMILES string of the molecule is Cl.Cn1nc(C2CCCCC2)cc1NC(=O)[C@@]12CCCC[C@H]1CNC2. The first-order chi connectivity index (χ1) is 11.7. The monoisotopic (exact) mass is 366 g/mol. The van der Waals surface area contributed by atoms with Crippen molar-refractivity contribution >= 4 is 24.1 Å². The van der Waals surface area contributed by atoms with Gasteiger partial charge in [-0.05, 0) is 38.1 Å². The van der Waals surface area contributed by atoms with Crippen LogP contribution in [0.15, 0.2) is 6.07 Å². The summed E-state index contributed by atoms with van der Waals surface area (Å²) in [5.41, 5.74) is 0.961. The Kier molecular flexibility index (Phi) is 5.74. The Balaban J connectivity index is 0.00000182. The van der Waals surface area contributed by atoms with Crippen molar-refractivity contribution in [1.82, 2.24) is 15.1 Å². The van der Waals surface area contributed by atoms with Crippen LogP contribution in [-0.2, 0) is 11.8 Å². The number of amides is 1. The number of hydrogen-bond acceptors (Lipinski definition) is 3. The number of anilines is 1. The molecule has 25 heavy (non-hydrogen) atoms. The predicted octanol–water partition coefficient (Wildman–Crippen LogP) is 3.61. The summed E-state index contributed by atoms with van der Waals surface area (Å²) in [6.45, 7) is 1.82. The number of nitrogens with zero attached hydrogens (tertiary/aromatic N) is 2. The zero-order chi connectivity index (χ0) is 16.6. The Morgan fingerprint density at radius 3 is 2.80 bits per heavy atom. The second-order valence-electron chi connectivity index (χ2n) is 8.10. The summed E-state index contributed by atoms with van der Waals surface area (Å²) in [5, 5.41) is 11.4. The first-order valence-electron chi connectivity index (χ1n) is 9.75. The van der Waals surface area contributed by atoms with Gasteiger partial charge in [-0.3, -0.25) is 9.48 Å². The van der Waals surface area contributed by atoms with Crippen LogP contribution in [0.1, 0.15) is 69.4 Å².